The molecule has 1 aromatic carbocycles. The second-order valence-corrected chi connectivity index (χ2v) is 10.9. The zero-order valence-electron chi connectivity index (χ0n) is 21.7. The lowest BCUT2D eigenvalue weighted by atomic mass is 10.0. The fourth-order valence-corrected chi connectivity index (χ4v) is 4.24. The molecule has 1 rings (SSSR count). The molecule has 0 fully saturated rings. The first kappa shape index (κ1) is 32.0. The maximum absolute atomic E-state index is 8.74. The fraction of sp³-hybridized carbons (Fsp3) is 0.778. The minimum atomic E-state index is -4.67. The average Bonchev–Trinajstić information content (AvgIpc) is 2.72. The number of quaternary nitrogens is 1. The van der Waals surface area contributed by atoms with Gasteiger partial charge in [0.2, 0.25) is 0 Å². The van der Waals surface area contributed by atoms with Gasteiger partial charge in [0.15, 0.2) is 0 Å². The molecular formula is C27H52NO4S+. The summed E-state index contributed by atoms with van der Waals surface area (Å²) in [6.45, 7) is 4.75. The fourth-order valence-electron chi connectivity index (χ4n) is 4.24. The molecule has 0 radical (unpaired) electrons. The molecule has 0 bridgehead atoms. The van der Waals surface area contributed by atoms with Crippen molar-refractivity contribution in [1.29, 1.82) is 0 Å². The molecule has 0 aliphatic rings. The Morgan fingerprint density at radius 2 is 0.970 bits per heavy atom. The van der Waals surface area contributed by atoms with Crippen LogP contribution in [0, 0.1) is 0 Å². The highest BCUT2D eigenvalue weighted by atomic mass is 32.3. The van der Waals surface area contributed by atoms with Gasteiger partial charge in [0, 0.05) is 5.56 Å². The minimum absolute atomic E-state index is 1.11. The molecule has 194 valence electrons. The predicted octanol–water partition coefficient (Wildman–Crippen LogP) is 7.87. The molecule has 0 saturated heterocycles. The van der Waals surface area contributed by atoms with E-state index >= 15 is 0 Å². The van der Waals surface area contributed by atoms with Crippen LogP contribution in [0.15, 0.2) is 30.3 Å². The molecule has 0 aromatic heterocycles. The summed E-state index contributed by atoms with van der Waals surface area (Å²) >= 11 is 0. The topological polar surface area (TPSA) is 74.6 Å². The van der Waals surface area contributed by atoms with Gasteiger partial charge in [0.25, 0.3) is 0 Å². The molecule has 0 heterocycles. The van der Waals surface area contributed by atoms with E-state index in [4.69, 9.17) is 17.5 Å². The van der Waals surface area contributed by atoms with Gasteiger partial charge in [-0.15, -0.1) is 0 Å². The summed E-state index contributed by atoms with van der Waals surface area (Å²) in [6, 6.07) is 10.9. The van der Waals surface area contributed by atoms with E-state index in [-0.39, 0.29) is 0 Å². The van der Waals surface area contributed by atoms with Gasteiger partial charge in [-0.2, -0.15) is 8.42 Å². The predicted molar refractivity (Wildman–Crippen MR) is 141 cm³/mol. The lowest BCUT2D eigenvalue weighted by Gasteiger charge is -2.30. The number of hydrogen-bond donors (Lipinski definition) is 2. The normalized spacial score (nSPS) is 11.8. The monoisotopic (exact) mass is 486 g/mol. The maximum atomic E-state index is 8.74. The van der Waals surface area contributed by atoms with Crippen molar-refractivity contribution in [1.82, 2.24) is 0 Å². The molecule has 0 spiro atoms. The van der Waals surface area contributed by atoms with Gasteiger partial charge in [0.05, 0.1) is 20.6 Å². The molecule has 33 heavy (non-hydrogen) atoms. The zero-order valence-corrected chi connectivity index (χ0v) is 22.5. The van der Waals surface area contributed by atoms with Crippen LogP contribution < -0.4 is 0 Å². The third-order valence-corrected chi connectivity index (χ3v) is 6.07. The van der Waals surface area contributed by atoms with Crippen LogP contribution in [-0.2, 0) is 16.9 Å². The molecule has 0 atom stereocenters. The lowest BCUT2D eigenvalue weighted by molar-refractivity contribution is -0.903. The SMILES string of the molecule is CCCCCCCCCCCCCCCCCC[N+](C)(C)Cc1ccccc1.O=S(=O)(O)O. The van der Waals surface area contributed by atoms with Crippen molar-refractivity contribution in [2.45, 2.75) is 116 Å². The van der Waals surface area contributed by atoms with Gasteiger partial charge in [-0.3, -0.25) is 9.11 Å². The van der Waals surface area contributed by atoms with Crippen LogP contribution >= 0.6 is 0 Å². The molecule has 0 unspecified atom stereocenters. The van der Waals surface area contributed by atoms with Crippen LogP contribution in [-0.4, -0.2) is 42.6 Å². The van der Waals surface area contributed by atoms with E-state index in [1.54, 1.807) is 0 Å². The van der Waals surface area contributed by atoms with Crippen LogP contribution in [0.4, 0.5) is 0 Å². The molecule has 2 N–H and O–H groups in total. The van der Waals surface area contributed by atoms with Crippen LogP contribution in [0.2, 0.25) is 0 Å². The maximum Gasteiger partial charge on any atom is 0.394 e. The Labute approximate surface area is 205 Å². The molecule has 0 aliphatic heterocycles. The number of hydrogen-bond acceptors (Lipinski definition) is 2. The van der Waals surface area contributed by atoms with Crippen LogP contribution in [0.3, 0.4) is 0 Å². The van der Waals surface area contributed by atoms with E-state index < -0.39 is 10.4 Å². The van der Waals surface area contributed by atoms with Crippen LogP contribution in [0.25, 0.3) is 0 Å². The Morgan fingerprint density at radius 3 is 1.33 bits per heavy atom. The highest BCUT2D eigenvalue weighted by Crippen LogP contribution is 2.15. The average molecular weight is 487 g/mol. The zero-order chi connectivity index (χ0) is 24.8. The summed E-state index contributed by atoms with van der Waals surface area (Å²) < 4.78 is 32.7. The van der Waals surface area contributed by atoms with E-state index in [1.165, 1.54) is 115 Å². The number of benzene rings is 1. The second kappa shape index (κ2) is 20.4. The van der Waals surface area contributed by atoms with Gasteiger partial charge in [0.1, 0.15) is 6.54 Å². The quantitative estimate of drug-likeness (QED) is 0.118. The van der Waals surface area contributed by atoms with Crippen molar-refractivity contribution < 1.29 is 22.0 Å². The third-order valence-electron chi connectivity index (χ3n) is 6.07. The summed E-state index contributed by atoms with van der Waals surface area (Å²) in [5.41, 5.74) is 1.46. The van der Waals surface area contributed by atoms with E-state index in [9.17, 15) is 0 Å². The van der Waals surface area contributed by atoms with E-state index in [0.29, 0.717) is 0 Å². The van der Waals surface area contributed by atoms with Crippen molar-refractivity contribution in [2.24, 2.45) is 0 Å². The molecule has 5 nitrogen and oxygen atoms in total. The van der Waals surface area contributed by atoms with Crippen molar-refractivity contribution in [2.75, 3.05) is 20.6 Å². The molecule has 1 aromatic rings. The summed E-state index contributed by atoms with van der Waals surface area (Å²) in [5, 5.41) is 0. The first-order valence-electron chi connectivity index (χ1n) is 13.2. The number of rotatable bonds is 19. The third kappa shape index (κ3) is 27.2. The Balaban J connectivity index is 0.00000184. The van der Waals surface area contributed by atoms with Crippen molar-refractivity contribution in [3.8, 4) is 0 Å². The molecule has 6 heteroatoms. The summed E-state index contributed by atoms with van der Waals surface area (Å²) in [6.07, 6.45) is 23.2. The molecular weight excluding hydrogens is 434 g/mol. The Hall–Kier alpha value is -0.950. The Kier molecular flexibility index (Phi) is 19.8. The van der Waals surface area contributed by atoms with E-state index in [1.807, 2.05) is 0 Å². The first-order valence-corrected chi connectivity index (χ1v) is 14.6. The molecule has 0 amide bonds. The smallest absolute Gasteiger partial charge is 0.325 e. The molecule has 0 saturated carbocycles. The summed E-state index contributed by atoms with van der Waals surface area (Å²) in [7, 11) is 0.0798. The highest BCUT2D eigenvalue weighted by molar-refractivity contribution is 7.79. The largest absolute Gasteiger partial charge is 0.394 e. The highest BCUT2D eigenvalue weighted by Gasteiger charge is 2.14. The van der Waals surface area contributed by atoms with Crippen molar-refractivity contribution >= 4 is 10.4 Å². The Bertz CT molecular complexity index is 639. The van der Waals surface area contributed by atoms with Crippen molar-refractivity contribution in [3.05, 3.63) is 35.9 Å². The summed E-state index contributed by atoms with van der Waals surface area (Å²) in [5.74, 6) is 0. The number of nitrogens with zero attached hydrogens (tertiary/aromatic N) is 1. The standard InChI is InChI=1S/C27H50N.H2O4S/c1-4-5-6-7-8-9-10-11-12-13-14-15-16-17-18-22-25-28(2,3)26-27-23-20-19-21-24-27;1-5(2,3)4/h19-21,23-24H,4-18,22,25-26H2,1-3H3;(H2,1,2,3,4)/q+1;. The van der Waals surface area contributed by atoms with Gasteiger partial charge >= 0.3 is 10.4 Å². The van der Waals surface area contributed by atoms with Gasteiger partial charge < -0.3 is 4.48 Å². The minimum Gasteiger partial charge on any atom is -0.325 e. The van der Waals surface area contributed by atoms with Crippen molar-refractivity contribution in [3.63, 3.8) is 0 Å². The summed E-state index contributed by atoms with van der Waals surface area (Å²) in [4.78, 5) is 0. The van der Waals surface area contributed by atoms with Gasteiger partial charge in [-0.05, 0) is 12.8 Å². The second-order valence-electron chi connectivity index (χ2n) is 10.1. The molecule has 0 aliphatic carbocycles. The van der Waals surface area contributed by atoms with E-state index in [2.05, 4.69) is 51.4 Å². The number of unbranched alkanes of at least 4 members (excludes halogenated alkanes) is 15. The Morgan fingerprint density at radius 1 is 0.636 bits per heavy atom. The van der Waals surface area contributed by atoms with Crippen LogP contribution in [0.1, 0.15) is 115 Å². The van der Waals surface area contributed by atoms with Crippen LogP contribution in [0.5, 0.6) is 0 Å². The first-order chi connectivity index (χ1) is 15.6. The lowest BCUT2D eigenvalue weighted by Crippen LogP contribution is -2.39. The van der Waals surface area contributed by atoms with E-state index in [0.717, 1.165) is 11.0 Å². The van der Waals surface area contributed by atoms with Gasteiger partial charge in [-0.1, -0.05) is 127 Å². The van der Waals surface area contributed by atoms with Gasteiger partial charge in [-0.25, -0.2) is 0 Å².